The van der Waals surface area contributed by atoms with Gasteiger partial charge in [-0.15, -0.1) is 0 Å². The van der Waals surface area contributed by atoms with Crippen molar-refractivity contribution >= 4 is 16.8 Å². The Kier molecular flexibility index (Phi) is 6.75. The maximum absolute atomic E-state index is 12.3. The fourth-order valence-electron chi connectivity index (χ4n) is 3.92. The quantitative estimate of drug-likeness (QED) is 0.508. The molecule has 3 rings (SSSR count). The Bertz CT molecular complexity index is 1070. The normalized spacial score (nSPS) is 14.2. The maximum atomic E-state index is 12.3. The minimum absolute atomic E-state index is 0.0272. The summed E-state index contributed by atoms with van der Waals surface area (Å²) in [6, 6.07) is 18.4. The van der Waals surface area contributed by atoms with Gasteiger partial charge in [0.05, 0.1) is 17.3 Å². The number of carbonyl (C=O) groups is 1. The Balaban J connectivity index is 2.18. The number of fused-ring (bicyclic) bond motifs is 1. The highest BCUT2D eigenvalue weighted by Gasteiger charge is 2.30. The molecule has 2 aromatic carbocycles. The Morgan fingerprint density at radius 3 is 2.03 bits per heavy atom. The monoisotopic (exact) mass is 432 g/mol. The zero-order valence-corrected chi connectivity index (χ0v) is 20.6. The molecule has 0 spiro atoms. The number of pyridine rings is 1. The summed E-state index contributed by atoms with van der Waals surface area (Å²) in [5.74, 6) is -0.101. The Hall–Kier alpha value is -2.72. The zero-order chi connectivity index (χ0) is 23.7. The molecule has 0 bridgehead atoms. The lowest BCUT2D eigenvalue weighted by Crippen LogP contribution is -2.33. The van der Waals surface area contributed by atoms with Gasteiger partial charge in [0.2, 0.25) is 5.91 Å². The number of nitrogens with one attached hydrogen (secondary N) is 1. The topological polar surface area (TPSA) is 51.2 Å². The van der Waals surface area contributed by atoms with Crippen LogP contribution in [0.3, 0.4) is 0 Å². The third-order valence-corrected chi connectivity index (χ3v) is 5.87. The average Bonchev–Trinajstić information content (AvgIpc) is 2.71. The summed E-state index contributed by atoms with van der Waals surface area (Å²) in [6.07, 6.45) is -0.424. The van der Waals surface area contributed by atoms with Gasteiger partial charge in [0.25, 0.3) is 0 Å². The molecule has 0 aliphatic rings. The molecule has 32 heavy (non-hydrogen) atoms. The van der Waals surface area contributed by atoms with Crippen LogP contribution in [0.2, 0.25) is 0 Å². The van der Waals surface area contributed by atoms with Gasteiger partial charge in [-0.2, -0.15) is 0 Å². The molecule has 0 saturated carbocycles. The van der Waals surface area contributed by atoms with Crippen molar-refractivity contribution in [3.63, 3.8) is 0 Å². The van der Waals surface area contributed by atoms with Gasteiger partial charge in [0.1, 0.15) is 6.10 Å². The highest BCUT2D eigenvalue weighted by Crippen LogP contribution is 2.37. The minimum atomic E-state index is -0.424. The molecular weight excluding hydrogens is 396 g/mol. The predicted molar refractivity (Wildman–Crippen MR) is 132 cm³/mol. The molecule has 4 heteroatoms. The van der Waals surface area contributed by atoms with Crippen LogP contribution >= 0.6 is 0 Å². The predicted octanol–water partition coefficient (Wildman–Crippen LogP) is 6.39. The number of rotatable bonds is 5. The molecule has 0 saturated heterocycles. The van der Waals surface area contributed by atoms with Crippen LogP contribution < -0.4 is 5.32 Å². The van der Waals surface area contributed by atoms with E-state index in [4.69, 9.17) is 9.72 Å². The molecule has 1 N–H and O–H groups in total. The van der Waals surface area contributed by atoms with Gasteiger partial charge in [-0.05, 0) is 39.7 Å². The Morgan fingerprint density at radius 1 is 0.906 bits per heavy atom. The number of nitrogens with zero attached hydrogens (tertiary/aromatic N) is 1. The van der Waals surface area contributed by atoms with E-state index in [9.17, 15) is 4.79 Å². The van der Waals surface area contributed by atoms with Gasteiger partial charge < -0.3 is 10.1 Å². The summed E-state index contributed by atoms with van der Waals surface area (Å²) in [5.41, 5.74) is 5.14. The van der Waals surface area contributed by atoms with Crippen LogP contribution in [0.15, 0.2) is 54.6 Å². The second kappa shape index (κ2) is 9.03. The van der Waals surface area contributed by atoms with Crippen LogP contribution in [0.1, 0.15) is 83.0 Å². The number of hydrogen-bond donors (Lipinski definition) is 1. The molecule has 0 aliphatic carbocycles. The van der Waals surface area contributed by atoms with Gasteiger partial charge >= 0.3 is 0 Å². The van der Waals surface area contributed by atoms with Crippen LogP contribution in [0, 0.1) is 0 Å². The number of amides is 1. The third kappa shape index (κ3) is 5.36. The van der Waals surface area contributed by atoms with E-state index in [0.29, 0.717) is 0 Å². The van der Waals surface area contributed by atoms with Gasteiger partial charge in [-0.1, -0.05) is 84.0 Å². The third-order valence-electron chi connectivity index (χ3n) is 5.87. The van der Waals surface area contributed by atoms with E-state index in [2.05, 4.69) is 71.1 Å². The van der Waals surface area contributed by atoms with E-state index in [1.807, 2.05) is 30.3 Å². The van der Waals surface area contributed by atoms with Crippen LogP contribution in [0.5, 0.6) is 0 Å². The molecule has 1 heterocycles. The second-order valence-corrected chi connectivity index (χ2v) is 10.6. The van der Waals surface area contributed by atoms with Gasteiger partial charge in [0, 0.05) is 19.4 Å². The van der Waals surface area contributed by atoms with E-state index in [0.717, 1.165) is 22.2 Å². The molecule has 170 valence electrons. The molecule has 1 amide bonds. The van der Waals surface area contributed by atoms with Crippen molar-refractivity contribution in [2.45, 2.75) is 71.4 Å². The van der Waals surface area contributed by atoms with Crippen LogP contribution in [0.25, 0.3) is 10.9 Å². The lowest BCUT2D eigenvalue weighted by molar-refractivity contribution is -0.120. The van der Waals surface area contributed by atoms with Crippen molar-refractivity contribution in [3.8, 4) is 0 Å². The van der Waals surface area contributed by atoms with Crippen LogP contribution in [0.4, 0.5) is 0 Å². The SMILES string of the molecule is COC(c1ccc2ccccc2n1)C(NC(C)=O)c1cc(C(C)(C)C)cc(C(C)(C)C)c1. The molecule has 0 aliphatic heterocycles. The smallest absolute Gasteiger partial charge is 0.217 e. The fourth-order valence-corrected chi connectivity index (χ4v) is 3.92. The molecular formula is C28H36N2O2. The lowest BCUT2D eigenvalue weighted by atomic mass is 9.78. The largest absolute Gasteiger partial charge is 0.373 e. The van der Waals surface area contributed by atoms with Crippen molar-refractivity contribution in [1.82, 2.24) is 10.3 Å². The number of hydrogen-bond acceptors (Lipinski definition) is 3. The van der Waals surface area contributed by atoms with Crippen molar-refractivity contribution in [2.75, 3.05) is 7.11 Å². The minimum Gasteiger partial charge on any atom is -0.373 e. The summed E-state index contributed by atoms with van der Waals surface area (Å²) in [5, 5.41) is 4.22. The van der Waals surface area contributed by atoms with Crippen LogP contribution in [-0.4, -0.2) is 18.0 Å². The Labute approximate surface area is 192 Å². The first-order chi connectivity index (χ1) is 14.9. The number of benzene rings is 2. The highest BCUT2D eigenvalue weighted by molar-refractivity contribution is 5.78. The fraction of sp³-hybridized carbons (Fsp3) is 0.429. The van der Waals surface area contributed by atoms with E-state index in [1.54, 1.807) is 14.0 Å². The average molecular weight is 433 g/mol. The van der Waals surface area contributed by atoms with E-state index >= 15 is 0 Å². The molecule has 0 radical (unpaired) electrons. The van der Waals surface area contributed by atoms with E-state index in [1.165, 1.54) is 11.1 Å². The van der Waals surface area contributed by atoms with E-state index in [-0.39, 0.29) is 22.8 Å². The molecule has 0 fully saturated rings. The zero-order valence-electron chi connectivity index (χ0n) is 20.6. The summed E-state index contributed by atoms with van der Waals surface area (Å²) in [7, 11) is 1.68. The summed E-state index contributed by atoms with van der Waals surface area (Å²) in [4.78, 5) is 17.1. The molecule has 3 aromatic rings. The summed E-state index contributed by atoms with van der Waals surface area (Å²) >= 11 is 0. The van der Waals surface area contributed by atoms with Gasteiger partial charge in [-0.25, -0.2) is 4.98 Å². The number of methoxy groups -OCH3 is 1. The van der Waals surface area contributed by atoms with Gasteiger partial charge in [0.15, 0.2) is 0 Å². The number of carbonyl (C=O) groups excluding carboxylic acids is 1. The lowest BCUT2D eigenvalue weighted by Gasteiger charge is -2.31. The van der Waals surface area contributed by atoms with Crippen LogP contribution in [-0.2, 0) is 20.4 Å². The maximum Gasteiger partial charge on any atom is 0.217 e. The molecule has 2 atom stereocenters. The standard InChI is InChI=1S/C28H36N2O2/c1-18(31)29-25(20-15-21(27(2,3)4)17-22(16-20)28(5,6)7)26(32-8)24-14-13-19-11-9-10-12-23(19)30-24/h9-17,25-26H,1-8H3,(H,29,31). The first-order valence-electron chi connectivity index (χ1n) is 11.2. The van der Waals surface area contributed by atoms with Crippen molar-refractivity contribution in [1.29, 1.82) is 0 Å². The number of ether oxygens (including phenoxy) is 1. The van der Waals surface area contributed by atoms with E-state index < -0.39 is 6.10 Å². The van der Waals surface area contributed by atoms with Crippen molar-refractivity contribution < 1.29 is 9.53 Å². The second-order valence-electron chi connectivity index (χ2n) is 10.6. The van der Waals surface area contributed by atoms with Gasteiger partial charge in [-0.3, -0.25) is 4.79 Å². The Morgan fingerprint density at radius 2 is 1.50 bits per heavy atom. The summed E-state index contributed by atoms with van der Waals surface area (Å²) < 4.78 is 5.98. The first kappa shape index (κ1) is 23.9. The molecule has 4 nitrogen and oxygen atoms in total. The molecule has 2 unspecified atom stereocenters. The molecule has 1 aromatic heterocycles. The van der Waals surface area contributed by atoms with Crippen molar-refractivity contribution in [2.24, 2.45) is 0 Å². The number of para-hydroxylation sites is 1. The summed E-state index contributed by atoms with van der Waals surface area (Å²) in [6.45, 7) is 14.8. The highest BCUT2D eigenvalue weighted by atomic mass is 16.5. The number of aromatic nitrogens is 1. The van der Waals surface area contributed by atoms with Crippen molar-refractivity contribution in [3.05, 3.63) is 77.0 Å². The first-order valence-corrected chi connectivity index (χ1v) is 11.2.